The van der Waals surface area contributed by atoms with E-state index >= 15 is 0 Å². The molecular formula is C15H25N3O2. The molecule has 0 aliphatic rings. The highest BCUT2D eigenvalue weighted by Gasteiger charge is 1.98. The number of rotatable bonds is 8. The van der Waals surface area contributed by atoms with Crippen LogP contribution in [0.3, 0.4) is 0 Å². The Balaban J connectivity index is 2.22. The Morgan fingerprint density at radius 2 is 2.00 bits per heavy atom. The van der Waals surface area contributed by atoms with Gasteiger partial charge in [-0.05, 0) is 30.5 Å². The molecule has 112 valence electrons. The molecule has 1 aromatic rings. The molecule has 0 saturated heterocycles. The molecule has 5 heteroatoms. The van der Waals surface area contributed by atoms with Crippen molar-refractivity contribution < 1.29 is 9.47 Å². The summed E-state index contributed by atoms with van der Waals surface area (Å²) in [4.78, 5) is 4.15. The van der Waals surface area contributed by atoms with Crippen LogP contribution in [0.15, 0.2) is 29.3 Å². The topological polar surface area (TPSA) is 54.9 Å². The number of nitrogens with one attached hydrogen (secondary N) is 2. The summed E-state index contributed by atoms with van der Waals surface area (Å²) in [5.41, 5.74) is 1.29. The highest BCUT2D eigenvalue weighted by molar-refractivity contribution is 5.79. The molecule has 1 aromatic carbocycles. The molecule has 2 N–H and O–H groups in total. The summed E-state index contributed by atoms with van der Waals surface area (Å²) in [7, 11) is 5.15. The molecule has 0 atom stereocenters. The Morgan fingerprint density at radius 3 is 2.70 bits per heavy atom. The Morgan fingerprint density at radius 1 is 1.20 bits per heavy atom. The second kappa shape index (κ2) is 10.1. The lowest BCUT2D eigenvalue weighted by Crippen LogP contribution is -2.39. The first-order valence-corrected chi connectivity index (χ1v) is 6.86. The van der Waals surface area contributed by atoms with Crippen molar-refractivity contribution in [3.63, 3.8) is 0 Å². The molecule has 0 fully saturated rings. The highest BCUT2D eigenvalue weighted by Crippen LogP contribution is 2.13. The van der Waals surface area contributed by atoms with E-state index in [0.717, 1.165) is 37.6 Å². The predicted octanol–water partition coefficient (Wildman–Crippen LogP) is 1.44. The number of guanidine groups is 1. The first-order valence-electron chi connectivity index (χ1n) is 6.86. The van der Waals surface area contributed by atoms with Gasteiger partial charge in [0.2, 0.25) is 0 Å². The lowest BCUT2D eigenvalue weighted by Gasteiger charge is -2.11. The molecule has 0 heterocycles. The van der Waals surface area contributed by atoms with E-state index in [1.165, 1.54) is 5.56 Å². The minimum Gasteiger partial charge on any atom is -0.497 e. The van der Waals surface area contributed by atoms with Crippen LogP contribution in [0.5, 0.6) is 5.75 Å². The summed E-state index contributed by atoms with van der Waals surface area (Å²) in [6, 6.07) is 8.18. The van der Waals surface area contributed by atoms with Crippen LogP contribution < -0.4 is 15.4 Å². The van der Waals surface area contributed by atoms with E-state index in [9.17, 15) is 0 Å². The van der Waals surface area contributed by atoms with E-state index in [1.807, 2.05) is 12.1 Å². The zero-order valence-electron chi connectivity index (χ0n) is 12.6. The molecule has 0 spiro atoms. The van der Waals surface area contributed by atoms with Crippen LogP contribution in [0.2, 0.25) is 0 Å². The fourth-order valence-electron chi connectivity index (χ4n) is 1.82. The van der Waals surface area contributed by atoms with Crippen molar-refractivity contribution in [1.29, 1.82) is 0 Å². The molecule has 5 nitrogen and oxygen atoms in total. The fourth-order valence-corrected chi connectivity index (χ4v) is 1.82. The average molecular weight is 279 g/mol. The van der Waals surface area contributed by atoms with Crippen LogP contribution in [0.1, 0.15) is 12.0 Å². The number of nitrogens with zero attached hydrogens (tertiary/aromatic N) is 1. The van der Waals surface area contributed by atoms with Crippen LogP contribution in [-0.4, -0.2) is 46.9 Å². The lowest BCUT2D eigenvalue weighted by atomic mass is 10.1. The van der Waals surface area contributed by atoms with E-state index in [0.29, 0.717) is 6.61 Å². The smallest absolute Gasteiger partial charge is 0.191 e. The Kier molecular flexibility index (Phi) is 8.22. The summed E-state index contributed by atoms with van der Waals surface area (Å²) < 4.78 is 10.2. The Labute approximate surface area is 121 Å². The quantitative estimate of drug-likeness (QED) is 0.429. The molecule has 0 aliphatic heterocycles. The molecule has 0 aliphatic carbocycles. The SMILES string of the molecule is CN=C(NCCCc1cccc(OC)c1)NCCOC. The number of ether oxygens (including phenoxy) is 2. The Hall–Kier alpha value is -1.75. The Bertz CT molecular complexity index is 408. The summed E-state index contributed by atoms with van der Waals surface area (Å²) in [6.45, 7) is 2.31. The number of benzene rings is 1. The third-order valence-corrected chi connectivity index (χ3v) is 2.89. The second-order valence-electron chi connectivity index (χ2n) is 4.37. The van der Waals surface area contributed by atoms with Crippen LogP contribution in [0, 0.1) is 0 Å². The van der Waals surface area contributed by atoms with Gasteiger partial charge in [0.05, 0.1) is 13.7 Å². The van der Waals surface area contributed by atoms with Crippen LogP contribution in [0.4, 0.5) is 0 Å². The van der Waals surface area contributed by atoms with Gasteiger partial charge in [-0.15, -0.1) is 0 Å². The summed E-state index contributed by atoms with van der Waals surface area (Å²) in [5.74, 6) is 1.72. The van der Waals surface area contributed by atoms with Gasteiger partial charge in [-0.2, -0.15) is 0 Å². The van der Waals surface area contributed by atoms with Crippen molar-refractivity contribution in [3.8, 4) is 5.75 Å². The van der Waals surface area contributed by atoms with Gasteiger partial charge in [0, 0.05) is 27.2 Å². The van der Waals surface area contributed by atoms with Crippen molar-refractivity contribution in [3.05, 3.63) is 29.8 Å². The fraction of sp³-hybridized carbons (Fsp3) is 0.533. The maximum absolute atomic E-state index is 5.22. The minimum atomic E-state index is 0.671. The number of methoxy groups -OCH3 is 2. The number of hydrogen-bond acceptors (Lipinski definition) is 3. The zero-order chi connectivity index (χ0) is 14.6. The van der Waals surface area contributed by atoms with Crippen molar-refractivity contribution in [1.82, 2.24) is 10.6 Å². The van der Waals surface area contributed by atoms with Crippen LogP contribution in [0.25, 0.3) is 0 Å². The third kappa shape index (κ3) is 6.43. The summed E-state index contributed by atoms with van der Waals surface area (Å²) in [6.07, 6.45) is 2.05. The molecule has 0 bridgehead atoms. The van der Waals surface area contributed by atoms with Gasteiger partial charge in [0.1, 0.15) is 5.75 Å². The second-order valence-corrected chi connectivity index (χ2v) is 4.37. The van der Waals surface area contributed by atoms with Gasteiger partial charge in [0.15, 0.2) is 5.96 Å². The molecule has 1 rings (SSSR count). The molecule has 0 amide bonds. The first kappa shape index (κ1) is 16.3. The summed E-state index contributed by atoms with van der Waals surface area (Å²) in [5, 5.41) is 6.46. The van der Waals surface area contributed by atoms with Crippen LogP contribution >= 0.6 is 0 Å². The lowest BCUT2D eigenvalue weighted by molar-refractivity contribution is 0.203. The van der Waals surface area contributed by atoms with Gasteiger partial charge in [-0.3, -0.25) is 4.99 Å². The third-order valence-electron chi connectivity index (χ3n) is 2.89. The number of aryl methyl sites for hydroxylation is 1. The van der Waals surface area contributed by atoms with E-state index in [2.05, 4.69) is 27.8 Å². The molecule has 20 heavy (non-hydrogen) atoms. The largest absolute Gasteiger partial charge is 0.497 e. The van der Waals surface area contributed by atoms with Gasteiger partial charge in [-0.1, -0.05) is 12.1 Å². The van der Waals surface area contributed by atoms with Crippen molar-refractivity contribution in [2.45, 2.75) is 12.8 Å². The minimum absolute atomic E-state index is 0.671. The van der Waals surface area contributed by atoms with E-state index in [-0.39, 0.29) is 0 Å². The van der Waals surface area contributed by atoms with E-state index in [4.69, 9.17) is 9.47 Å². The predicted molar refractivity (Wildman–Crippen MR) is 82.6 cm³/mol. The van der Waals surface area contributed by atoms with Gasteiger partial charge in [0.25, 0.3) is 0 Å². The maximum Gasteiger partial charge on any atom is 0.191 e. The molecule has 0 radical (unpaired) electrons. The van der Waals surface area contributed by atoms with Gasteiger partial charge < -0.3 is 20.1 Å². The molecule has 0 aromatic heterocycles. The van der Waals surface area contributed by atoms with Crippen LogP contribution in [-0.2, 0) is 11.2 Å². The average Bonchev–Trinajstić information content (AvgIpc) is 2.50. The molecule has 0 saturated carbocycles. The summed E-state index contributed by atoms with van der Waals surface area (Å²) >= 11 is 0. The molecule has 0 unspecified atom stereocenters. The van der Waals surface area contributed by atoms with E-state index < -0.39 is 0 Å². The van der Waals surface area contributed by atoms with Crippen molar-refractivity contribution in [2.24, 2.45) is 4.99 Å². The number of hydrogen-bond donors (Lipinski definition) is 2. The van der Waals surface area contributed by atoms with Gasteiger partial charge in [-0.25, -0.2) is 0 Å². The van der Waals surface area contributed by atoms with Crippen molar-refractivity contribution >= 4 is 5.96 Å². The van der Waals surface area contributed by atoms with Gasteiger partial charge >= 0.3 is 0 Å². The monoisotopic (exact) mass is 279 g/mol. The highest BCUT2D eigenvalue weighted by atomic mass is 16.5. The standard InChI is InChI=1S/C15H25N3O2/c1-16-15(18-10-11-19-2)17-9-5-7-13-6-4-8-14(12-13)20-3/h4,6,8,12H,5,7,9-11H2,1-3H3,(H2,16,17,18). The van der Waals surface area contributed by atoms with Crippen molar-refractivity contribution in [2.75, 3.05) is 41.0 Å². The number of aliphatic imine (C=N–C) groups is 1. The van der Waals surface area contributed by atoms with E-state index in [1.54, 1.807) is 21.3 Å². The maximum atomic E-state index is 5.22. The zero-order valence-corrected chi connectivity index (χ0v) is 12.6. The first-order chi connectivity index (χ1) is 9.80. The molecular weight excluding hydrogens is 254 g/mol. The normalized spacial score (nSPS) is 11.2.